The largest absolute Gasteiger partial charge is 0.490 e. The van der Waals surface area contributed by atoms with Crippen LogP contribution >= 0.6 is 23.1 Å². The van der Waals surface area contributed by atoms with E-state index in [2.05, 4.69) is 0 Å². The van der Waals surface area contributed by atoms with Crippen LogP contribution in [0.3, 0.4) is 0 Å². The van der Waals surface area contributed by atoms with E-state index >= 15 is 0 Å². The minimum absolute atomic E-state index is 0.00821. The summed E-state index contributed by atoms with van der Waals surface area (Å²) in [4.78, 5) is 34.3. The van der Waals surface area contributed by atoms with Crippen LogP contribution in [0.2, 0.25) is 0 Å². The number of esters is 1. The molecule has 0 N–H and O–H groups in total. The van der Waals surface area contributed by atoms with Crippen molar-refractivity contribution < 1.29 is 19.0 Å². The van der Waals surface area contributed by atoms with Gasteiger partial charge in [0.05, 0.1) is 41.2 Å². The predicted octanol–water partition coefficient (Wildman–Crippen LogP) is 5.84. The van der Waals surface area contributed by atoms with Crippen LogP contribution in [0.1, 0.15) is 50.4 Å². The van der Waals surface area contributed by atoms with Gasteiger partial charge in [-0.15, -0.1) is 11.8 Å². The van der Waals surface area contributed by atoms with Crippen molar-refractivity contribution in [1.29, 1.82) is 0 Å². The van der Waals surface area contributed by atoms with Crippen molar-refractivity contribution in [2.45, 2.75) is 44.7 Å². The predicted molar refractivity (Wildman–Crippen MR) is 173 cm³/mol. The number of rotatable bonds is 10. The highest BCUT2D eigenvalue weighted by Gasteiger charge is 2.35. The Morgan fingerprint density at radius 2 is 1.77 bits per heavy atom. The van der Waals surface area contributed by atoms with Crippen LogP contribution in [0.25, 0.3) is 11.8 Å². The SMILES string of the molecule is CCOC(=O)C1=C(c2ccccc2)N=c2s/c(=C\c3ccc(OC(C)C)c(OCC)c3)c(=O)n2[C@@H]1c1ccc(SC)cc1. The summed E-state index contributed by atoms with van der Waals surface area (Å²) < 4.78 is 19.4. The molecule has 1 atom stereocenters. The zero-order valence-corrected chi connectivity index (χ0v) is 26.5. The molecule has 0 radical (unpaired) electrons. The minimum Gasteiger partial charge on any atom is -0.490 e. The van der Waals surface area contributed by atoms with E-state index in [1.54, 1.807) is 23.3 Å². The fraction of sp³-hybridized carbons (Fsp3) is 0.265. The lowest BCUT2D eigenvalue weighted by atomic mass is 9.93. The van der Waals surface area contributed by atoms with Gasteiger partial charge >= 0.3 is 5.97 Å². The lowest BCUT2D eigenvalue weighted by Crippen LogP contribution is -2.40. The molecular formula is C34H34N2O5S2. The Kier molecular flexibility index (Phi) is 9.52. The molecule has 0 saturated heterocycles. The summed E-state index contributed by atoms with van der Waals surface area (Å²) in [7, 11) is 0. The molecule has 222 valence electrons. The van der Waals surface area contributed by atoms with Crippen molar-refractivity contribution in [3.8, 4) is 11.5 Å². The van der Waals surface area contributed by atoms with Gasteiger partial charge in [-0.3, -0.25) is 9.36 Å². The average Bonchev–Trinajstić information content (AvgIpc) is 3.32. The van der Waals surface area contributed by atoms with Gasteiger partial charge in [-0.1, -0.05) is 59.9 Å². The summed E-state index contributed by atoms with van der Waals surface area (Å²) in [6, 6.07) is 22.4. The first-order valence-corrected chi connectivity index (χ1v) is 16.2. The lowest BCUT2D eigenvalue weighted by molar-refractivity contribution is -0.138. The second-order valence-corrected chi connectivity index (χ2v) is 11.9. The van der Waals surface area contributed by atoms with Gasteiger partial charge in [0.2, 0.25) is 0 Å². The van der Waals surface area contributed by atoms with Crippen molar-refractivity contribution in [1.82, 2.24) is 4.57 Å². The van der Waals surface area contributed by atoms with E-state index in [9.17, 15) is 9.59 Å². The molecule has 0 aliphatic carbocycles. The number of ether oxygens (including phenoxy) is 3. The molecule has 43 heavy (non-hydrogen) atoms. The highest BCUT2D eigenvalue weighted by Crippen LogP contribution is 2.36. The van der Waals surface area contributed by atoms with E-state index in [4.69, 9.17) is 19.2 Å². The van der Waals surface area contributed by atoms with E-state index in [1.165, 1.54) is 11.3 Å². The Hall–Kier alpha value is -4.08. The van der Waals surface area contributed by atoms with Gasteiger partial charge < -0.3 is 14.2 Å². The standard InChI is InChI=1S/C34H34N2O5S2/c1-6-39-27-19-22(13-18-26(27)41-21(3)4)20-28-32(37)36-31(24-14-16-25(42-5)17-15-24)29(33(38)40-7-2)30(35-34(36)43-28)23-11-9-8-10-12-23/h8-21,31H,6-7H2,1-5H3/b28-20-/t31-/m1/s1. The first-order valence-electron chi connectivity index (χ1n) is 14.2. The van der Waals surface area contributed by atoms with Crippen LogP contribution in [-0.4, -0.2) is 36.1 Å². The molecule has 0 saturated carbocycles. The molecule has 0 amide bonds. The number of hydrogen-bond donors (Lipinski definition) is 0. The highest BCUT2D eigenvalue weighted by atomic mass is 32.2. The second kappa shape index (κ2) is 13.5. The topological polar surface area (TPSA) is 79.1 Å². The van der Waals surface area contributed by atoms with Crippen molar-refractivity contribution >= 4 is 40.8 Å². The number of fused-ring (bicyclic) bond motifs is 1. The molecule has 2 heterocycles. The summed E-state index contributed by atoms with van der Waals surface area (Å²) in [6.07, 6.45) is 3.83. The summed E-state index contributed by atoms with van der Waals surface area (Å²) in [5.41, 5.74) is 2.95. The summed E-state index contributed by atoms with van der Waals surface area (Å²) in [5, 5.41) is 0. The smallest absolute Gasteiger partial charge is 0.338 e. The first kappa shape index (κ1) is 30.4. The molecule has 5 rings (SSSR count). The number of carbonyl (C=O) groups is 1. The van der Waals surface area contributed by atoms with Crippen molar-refractivity contribution in [2.75, 3.05) is 19.5 Å². The maximum absolute atomic E-state index is 14.2. The lowest BCUT2D eigenvalue weighted by Gasteiger charge is -2.26. The van der Waals surface area contributed by atoms with Crippen molar-refractivity contribution in [2.24, 2.45) is 4.99 Å². The molecule has 1 aliphatic heterocycles. The van der Waals surface area contributed by atoms with Gasteiger partial charge in [0, 0.05) is 10.5 Å². The van der Waals surface area contributed by atoms with Gasteiger partial charge in [-0.2, -0.15) is 0 Å². The van der Waals surface area contributed by atoms with E-state index in [0.717, 1.165) is 21.6 Å². The Labute approximate surface area is 259 Å². The van der Waals surface area contributed by atoms with Crippen LogP contribution < -0.4 is 24.4 Å². The zero-order chi connectivity index (χ0) is 30.5. The Bertz CT molecular complexity index is 1820. The van der Waals surface area contributed by atoms with Crippen LogP contribution in [0.4, 0.5) is 0 Å². The first-order chi connectivity index (χ1) is 20.8. The second-order valence-electron chi connectivity index (χ2n) is 10.0. The molecule has 3 aromatic carbocycles. The third kappa shape index (κ3) is 6.48. The van der Waals surface area contributed by atoms with Crippen LogP contribution in [0, 0.1) is 0 Å². The normalized spacial score (nSPS) is 14.8. The van der Waals surface area contributed by atoms with Crippen LogP contribution in [0.5, 0.6) is 11.5 Å². The van der Waals surface area contributed by atoms with E-state index < -0.39 is 12.0 Å². The number of nitrogens with zero attached hydrogens (tertiary/aromatic N) is 2. The monoisotopic (exact) mass is 614 g/mol. The number of thioether (sulfide) groups is 1. The average molecular weight is 615 g/mol. The number of hydrogen-bond acceptors (Lipinski definition) is 8. The highest BCUT2D eigenvalue weighted by molar-refractivity contribution is 7.98. The fourth-order valence-electron chi connectivity index (χ4n) is 4.93. The summed E-state index contributed by atoms with van der Waals surface area (Å²) >= 11 is 2.91. The molecular weight excluding hydrogens is 581 g/mol. The maximum atomic E-state index is 14.2. The molecule has 1 aromatic heterocycles. The number of carbonyl (C=O) groups excluding carboxylic acids is 1. The minimum atomic E-state index is -0.718. The van der Waals surface area contributed by atoms with Gasteiger partial charge in [0.15, 0.2) is 16.3 Å². The third-order valence-corrected chi connectivity index (χ3v) is 8.46. The molecule has 0 unspecified atom stereocenters. The molecule has 4 aromatic rings. The van der Waals surface area contributed by atoms with E-state index in [1.807, 2.05) is 106 Å². The molecule has 7 nitrogen and oxygen atoms in total. The molecule has 0 spiro atoms. The number of benzene rings is 3. The zero-order valence-electron chi connectivity index (χ0n) is 24.8. The fourth-order valence-corrected chi connectivity index (χ4v) is 6.34. The quantitative estimate of drug-likeness (QED) is 0.165. The molecule has 9 heteroatoms. The van der Waals surface area contributed by atoms with Crippen LogP contribution in [-0.2, 0) is 9.53 Å². The summed E-state index contributed by atoms with van der Waals surface area (Å²) in [5.74, 6) is 0.761. The van der Waals surface area contributed by atoms with Crippen molar-refractivity contribution in [3.63, 3.8) is 0 Å². The van der Waals surface area contributed by atoms with E-state index in [-0.39, 0.29) is 18.3 Å². The molecule has 1 aliphatic rings. The van der Waals surface area contributed by atoms with Gasteiger partial charge in [-0.05, 0) is 75.4 Å². The third-order valence-electron chi connectivity index (χ3n) is 6.73. The van der Waals surface area contributed by atoms with Gasteiger partial charge in [0.1, 0.15) is 0 Å². The number of thiazole rings is 1. The van der Waals surface area contributed by atoms with E-state index in [0.29, 0.717) is 38.7 Å². The van der Waals surface area contributed by atoms with Gasteiger partial charge in [-0.25, -0.2) is 9.79 Å². The Morgan fingerprint density at radius 1 is 1.02 bits per heavy atom. The maximum Gasteiger partial charge on any atom is 0.338 e. The summed E-state index contributed by atoms with van der Waals surface area (Å²) in [6.45, 7) is 8.29. The number of aromatic nitrogens is 1. The Morgan fingerprint density at radius 3 is 2.42 bits per heavy atom. The molecule has 0 fully saturated rings. The Balaban J connectivity index is 1.75. The molecule has 0 bridgehead atoms. The van der Waals surface area contributed by atoms with Crippen LogP contribution in [0.15, 0.2) is 93.1 Å². The van der Waals surface area contributed by atoms with Gasteiger partial charge in [0.25, 0.3) is 5.56 Å². The van der Waals surface area contributed by atoms with Crippen molar-refractivity contribution in [3.05, 3.63) is 115 Å².